The second kappa shape index (κ2) is 15.8. The number of ether oxygens (including phenoxy) is 3. The van der Waals surface area contributed by atoms with E-state index in [0.717, 1.165) is 53.9 Å². The summed E-state index contributed by atoms with van der Waals surface area (Å²) in [5.74, 6) is 1.44. The van der Waals surface area contributed by atoms with Crippen molar-refractivity contribution in [2.45, 2.75) is 69.8 Å². The fraction of sp³-hybridized carbons (Fsp3) is 0.424. The Bertz CT molecular complexity index is 1020. The van der Waals surface area contributed by atoms with Gasteiger partial charge in [-0.3, -0.25) is 4.79 Å². The van der Waals surface area contributed by atoms with E-state index in [1.807, 2.05) is 30.3 Å². The van der Waals surface area contributed by atoms with Crippen LogP contribution in [0.15, 0.2) is 78.9 Å². The second-order valence-electron chi connectivity index (χ2n) is 9.75. The molecule has 0 spiro atoms. The number of hydrogen-bond acceptors (Lipinski definition) is 4. The molecule has 0 atom stereocenters. The number of methoxy groups -OCH3 is 2. The summed E-state index contributed by atoms with van der Waals surface area (Å²) < 4.78 is 17.8. The van der Waals surface area contributed by atoms with Gasteiger partial charge in [-0.15, -0.1) is 0 Å². The molecule has 5 heteroatoms. The van der Waals surface area contributed by atoms with Crippen LogP contribution >= 0.6 is 0 Å². The molecule has 0 unspecified atom stereocenters. The maximum absolute atomic E-state index is 10.8. The van der Waals surface area contributed by atoms with Crippen molar-refractivity contribution in [1.29, 1.82) is 0 Å². The molecule has 0 fully saturated rings. The van der Waals surface area contributed by atoms with Gasteiger partial charge in [-0.1, -0.05) is 99.5 Å². The number of rotatable bonds is 18. The number of benzene rings is 3. The molecule has 3 rings (SSSR count). The van der Waals surface area contributed by atoms with E-state index < -0.39 is 5.60 Å². The van der Waals surface area contributed by atoms with Crippen LogP contribution in [-0.4, -0.2) is 26.7 Å². The lowest BCUT2D eigenvalue weighted by Crippen LogP contribution is -2.33. The lowest BCUT2D eigenvalue weighted by molar-refractivity contribution is -0.118. The van der Waals surface area contributed by atoms with Gasteiger partial charge < -0.3 is 19.9 Å². The van der Waals surface area contributed by atoms with E-state index in [-0.39, 0.29) is 5.91 Å². The van der Waals surface area contributed by atoms with Gasteiger partial charge in [0.15, 0.2) is 0 Å². The maximum Gasteiger partial charge on any atom is 0.217 e. The number of hydrogen-bond donors (Lipinski definition) is 1. The molecule has 0 saturated heterocycles. The maximum atomic E-state index is 10.8. The summed E-state index contributed by atoms with van der Waals surface area (Å²) in [4.78, 5) is 10.8. The fourth-order valence-corrected chi connectivity index (χ4v) is 4.94. The lowest BCUT2D eigenvalue weighted by Gasteiger charge is -2.36. The Balaban J connectivity index is 1.66. The smallest absolute Gasteiger partial charge is 0.217 e. The van der Waals surface area contributed by atoms with Crippen molar-refractivity contribution in [2.75, 3.05) is 20.8 Å². The third-order valence-electron chi connectivity index (χ3n) is 7.06. The molecule has 204 valence electrons. The Kier molecular flexibility index (Phi) is 12.2. The number of primary amides is 1. The number of nitrogens with two attached hydrogens (primary N) is 1. The fourth-order valence-electron chi connectivity index (χ4n) is 4.94. The third-order valence-corrected chi connectivity index (χ3v) is 7.06. The van der Waals surface area contributed by atoms with Crippen molar-refractivity contribution in [2.24, 2.45) is 5.73 Å². The Morgan fingerprint density at radius 3 is 1.47 bits per heavy atom. The van der Waals surface area contributed by atoms with Crippen LogP contribution in [0, 0.1) is 0 Å². The zero-order valence-corrected chi connectivity index (χ0v) is 23.0. The van der Waals surface area contributed by atoms with Gasteiger partial charge in [-0.2, -0.15) is 0 Å². The van der Waals surface area contributed by atoms with Crippen LogP contribution in [0.2, 0.25) is 0 Å². The third kappa shape index (κ3) is 8.35. The SMILES string of the molecule is COc1ccc(C(OCCCCCCCCCCCC(N)=O)(c2ccccc2)c2ccc(OC)cc2)cc1. The molecule has 0 aliphatic carbocycles. The van der Waals surface area contributed by atoms with Crippen LogP contribution < -0.4 is 15.2 Å². The monoisotopic (exact) mass is 517 g/mol. The van der Waals surface area contributed by atoms with E-state index in [1.54, 1.807) is 14.2 Å². The molecule has 5 nitrogen and oxygen atoms in total. The summed E-state index contributed by atoms with van der Waals surface area (Å²) in [5, 5.41) is 0. The summed E-state index contributed by atoms with van der Waals surface area (Å²) in [6.45, 7) is 0.653. The zero-order valence-electron chi connectivity index (χ0n) is 23.0. The molecule has 0 heterocycles. The molecule has 3 aromatic carbocycles. The van der Waals surface area contributed by atoms with Crippen molar-refractivity contribution in [3.63, 3.8) is 0 Å². The molecule has 0 aromatic heterocycles. The van der Waals surface area contributed by atoms with E-state index in [9.17, 15) is 4.79 Å². The highest BCUT2D eigenvalue weighted by molar-refractivity contribution is 5.73. The first kappa shape index (κ1) is 29.2. The molecule has 0 saturated carbocycles. The first-order chi connectivity index (χ1) is 18.6. The number of unbranched alkanes of at least 4 members (excludes halogenated alkanes) is 8. The van der Waals surface area contributed by atoms with Gasteiger partial charge in [0.25, 0.3) is 0 Å². The van der Waals surface area contributed by atoms with Crippen LogP contribution in [0.3, 0.4) is 0 Å². The van der Waals surface area contributed by atoms with Gasteiger partial charge in [-0.05, 0) is 53.8 Å². The van der Waals surface area contributed by atoms with Gasteiger partial charge in [-0.25, -0.2) is 0 Å². The topological polar surface area (TPSA) is 70.8 Å². The number of carbonyl (C=O) groups is 1. The Morgan fingerprint density at radius 2 is 1.03 bits per heavy atom. The lowest BCUT2D eigenvalue weighted by atomic mass is 9.80. The summed E-state index contributed by atoms with van der Waals surface area (Å²) in [5.41, 5.74) is 7.67. The van der Waals surface area contributed by atoms with Crippen LogP contribution in [0.4, 0.5) is 0 Å². The largest absolute Gasteiger partial charge is 0.497 e. The molecular weight excluding hydrogens is 474 g/mol. The highest BCUT2D eigenvalue weighted by atomic mass is 16.5. The Labute approximate surface area is 228 Å². The average molecular weight is 518 g/mol. The van der Waals surface area contributed by atoms with Gasteiger partial charge in [0, 0.05) is 13.0 Å². The average Bonchev–Trinajstić information content (AvgIpc) is 2.96. The van der Waals surface area contributed by atoms with E-state index in [0.29, 0.717) is 13.0 Å². The van der Waals surface area contributed by atoms with Crippen LogP contribution in [0.5, 0.6) is 11.5 Å². The summed E-state index contributed by atoms with van der Waals surface area (Å²) >= 11 is 0. The molecular formula is C33H43NO4. The molecule has 0 aliphatic heterocycles. The predicted molar refractivity (Wildman–Crippen MR) is 154 cm³/mol. The van der Waals surface area contributed by atoms with Gasteiger partial charge >= 0.3 is 0 Å². The number of amides is 1. The summed E-state index contributed by atoms with van der Waals surface area (Å²) in [6, 6.07) is 26.8. The summed E-state index contributed by atoms with van der Waals surface area (Å²) in [6.07, 6.45) is 10.7. The first-order valence-electron chi connectivity index (χ1n) is 13.9. The quantitative estimate of drug-likeness (QED) is 0.141. The van der Waals surface area contributed by atoms with Gasteiger partial charge in [0.05, 0.1) is 14.2 Å². The van der Waals surface area contributed by atoms with E-state index >= 15 is 0 Å². The Morgan fingerprint density at radius 1 is 0.605 bits per heavy atom. The highest BCUT2D eigenvalue weighted by Crippen LogP contribution is 2.41. The van der Waals surface area contributed by atoms with Crippen LogP contribution in [0.1, 0.15) is 80.9 Å². The second-order valence-corrected chi connectivity index (χ2v) is 9.75. The normalized spacial score (nSPS) is 11.3. The van der Waals surface area contributed by atoms with Gasteiger partial charge in [0.1, 0.15) is 17.1 Å². The zero-order chi connectivity index (χ0) is 27.1. The van der Waals surface area contributed by atoms with Crippen LogP contribution in [-0.2, 0) is 15.1 Å². The minimum absolute atomic E-state index is 0.192. The standard InChI is InChI=1S/C33H43NO4/c1-36-30-22-18-28(19-23-30)33(27-15-11-10-12-16-27,29-20-24-31(37-2)25-21-29)38-26-14-9-7-5-3-4-6-8-13-17-32(34)35/h10-12,15-16,18-25H,3-9,13-14,17,26H2,1-2H3,(H2,34,35). The minimum Gasteiger partial charge on any atom is -0.497 e. The molecule has 0 radical (unpaired) electrons. The van der Waals surface area contributed by atoms with Crippen molar-refractivity contribution in [1.82, 2.24) is 0 Å². The molecule has 0 aliphatic rings. The number of carbonyl (C=O) groups excluding carboxylic acids is 1. The molecule has 0 bridgehead atoms. The van der Waals surface area contributed by atoms with E-state index in [2.05, 4.69) is 48.5 Å². The molecule has 1 amide bonds. The van der Waals surface area contributed by atoms with Crippen molar-refractivity contribution in [3.05, 3.63) is 95.6 Å². The van der Waals surface area contributed by atoms with E-state index in [4.69, 9.17) is 19.9 Å². The molecule has 2 N–H and O–H groups in total. The van der Waals surface area contributed by atoms with E-state index in [1.165, 1.54) is 32.1 Å². The first-order valence-corrected chi connectivity index (χ1v) is 13.9. The van der Waals surface area contributed by atoms with Crippen molar-refractivity contribution < 1.29 is 19.0 Å². The van der Waals surface area contributed by atoms with Gasteiger partial charge in [0.2, 0.25) is 5.91 Å². The molecule has 3 aromatic rings. The Hall–Kier alpha value is -3.31. The highest BCUT2D eigenvalue weighted by Gasteiger charge is 2.37. The van der Waals surface area contributed by atoms with Crippen molar-refractivity contribution in [3.8, 4) is 11.5 Å². The summed E-state index contributed by atoms with van der Waals surface area (Å²) in [7, 11) is 3.37. The van der Waals surface area contributed by atoms with Crippen molar-refractivity contribution >= 4 is 5.91 Å². The van der Waals surface area contributed by atoms with Crippen LogP contribution in [0.25, 0.3) is 0 Å². The predicted octanol–water partition coefficient (Wildman–Crippen LogP) is 7.40. The molecule has 38 heavy (non-hydrogen) atoms. The minimum atomic E-state index is -0.745.